The number of benzene rings is 2. The van der Waals surface area contributed by atoms with Gasteiger partial charge in [-0.05, 0) is 41.3 Å². The molecule has 0 fully saturated rings. The van der Waals surface area contributed by atoms with Crippen molar-refractivity contribution < 1.29 is 14.6 Å². The second-order valence-electron chi connectivity index (χ2n) is 5.51. The summed E-state index contributed by atoms with van der Waals surface area (Å²) < 4.78 is 5.27. The molecule has 118 valence electrons. The summed E-state index contributed by atoms with van der Waals surface area (Å²) in [5.41, 5.74) is 4.81. The van der Waals surface area contributed by atoms with E-state index in [1.54, 1.807) is 7.11 Å². The van der Waals surface area contributed by atoms with Crippen LogP contribution in [0.15, 0.2) is 42.5 Å². The van der Waals surface area contributed by atoms with Gasteiger partial charge in [-0.25, -0.2) is 0 Å². The number of methoxy groups -OCH3 is 1. The van der Waals surface area contributed by atoms with Gasteiger partial charge in [-0.3, -0.25) is 4.79 Å². The van der Waals surface area contributed by atoms with Gasteiger partial charge in [-0.1, -0.05) is 31.2 Å². The first kappa shape index (κ1) is 15.2. The maximum absolute atomic E-state index is 11.3. The lowest BCUT2D eigenvalue weighted by atomic mass is 10.0. The van der Waals surface area contributed by atoms with Gasteiger partial charge in [0.2, 0.25) is 0 Å². The number of carbonyl (C=O) groups is 1. The van der Waals surface area contributed by atoms with Gasteiger partial charge in [0.1, 0.15) is 5.75 Å². The average Bonchev–Trinajstić information content (AvgIpc) is 2.92. The van der Waals surface area contributed by atoms with Crippen molar-refractivity contribution in [3.63, 3.8) is 0 Å². The van der Waals surface area contributed by atoms with E-state index in [1.165, 1.54) is 5.56 Å². The molecule has 2 N–H and O–H groups in total. The van der Waals surface area contributed by atoms with Crippen LogP contribution >= 0.6 is 0 Å². The zero-order valence-corrected chi connectivity index (χ0v) is 13.2. The van der Waals surface area contributed by atoms with Gasteiger partial charge in [0.25, 0.3) is 0 Å². The molecule has 4 heteroatoms. The number of aromatic nitrogens is 1. The number of H-pyrrole nitrogens is 1. The lowest BCUT2D eigenvalue weighted by Gasteiger charge is -2.05. The van der Waals surface area contributed by atoms with E-state index in [-0.39, 0.29) is 6.42 Å². The highest BCUT2D eigenvalue weighted by atomic mass is 16.5. The van der Waals surface area contributed by atoms with Gasteiger partial charge < -0.3 is 14.8 Å². The first-order chi connectivity index (χ1) is 11.1. The van der Waals surface area contributed by atoms with Crippen LogP contribution in [-0.4, -0.2) is 23.2 Å². The fourth-order valence-corrected chi connectivity index (χ4v) is 2.84. The minimum Gasteiger partial charge on any atom is -0.497 e. The van der Waals surface area contributed by atoms with Crippen molar-refractivity contribution in [1.29, 1.82) is 0 Å². The summed E-state index contributed by atoms with van der Waals surface area (Å²) in [4.78, 5) is 14.7. The molecule has 2 aromatic carbocycles. The van der Waals surface area contributed by atoms with E-state index >= 15 is 0 Å². The number of aliphatic carboxylic acids is 1. The molecule has 0 saturated heterocycles. The third kappa shape index (κ3) is 2.93. The Morgan fingerprint density at radius 2 is 1.91 bits per heavy atom. The van der Waals surface area contributed by atoms with Gasteiger partial charge in [0.05, 0.1) is 19.2 Å². The van der Waals surface area contributed by atoms with Crippen LogP contribution in [0.3, 0.4) is 0 Å². The Morgan fingerprint density at radius 3 is 2.52 bits per heavy atom. The third-order valence-corrected chi connectivity index (χ3v) is 4.09. The molecule has 0 spiro atoms. The molecule has 0 aliphatic carbocycles. The molecule has 0 atom stereocenters. The van der Waals surface area contributed by atoms with Crippen LogP contribution in [0.4, 0.5) is 0 Å². The van der Waals surface area contributed by atoms with Crippen molar-refractivity contribution in [3.8, 4) is 17.0 Å². The fourth-order valence-electron chi connectivity index (χ4n) is 2.84. The Balaban J connectivity index is 2.19. The minimum atomic E-state index is -0.847. The number of aryl methyl sites for hydroxylation is 1. The van der Waals surface area contributed by atoms with Crippen LogP contribution in [-0.2, 0) is 17.6 Å². The summed E-state index contributed by atoms with van der Waals surface area (Å²) >= 11 is 0. The Morgan fingerprint density at radius 1 is 1.17 bits per heavy atom. The van der Waals surface area contributed by atoms with Crippen molar-refractivity contribution in [2.45, 2.75) is 19.8 Å². The molecule has 0 bridgehead atoms. The standard InChI is InChI=1S/C19H19NO3/c1-3-12-4-6-13(7-5-12)19-16(11-18(21)22)15-10-14(23-2)8-9-17(15)20-19/h4-10,20H,3,11H2,1-2H3,(H,21,22). The number of rotatable bonds is 5. The largest absolute Gasteiger partial charge is 0.497 e. The number of carboxylic acid groups (broad SMARTS) is 1. The van der Waals surface area contributed by atoms with E-state index in [4.69, 9.17) is 4.74 Å². The molecule has 1 heterocycles. The van der Waals surface area contributed by atoms with E-state index in [9.17, 15) is 9.90 Å². The van der Waals surface area contributed by atoms with Crippen molar-refractivity contribution in [3.05, 3.63) is 53.6 Å². The smallest absolute Gasteiger partial charge is 0.307 e. The van der Waals surface area contributed by atoms with E-state index in [0.29, 0.717) is 0 Å². The molecule has 0 radical (unpaired) electrons. The van der Waals surface area contributed by atoms with Gasteiger partial charge >= 0.3 is 5.97 Å². The van der Waals surface area contributed by atoms with Gasteiger partial charge in [-0.15, -0.1) is 0 Å². The Bertz CT molecular complexity index is 847. The summed E-state index contributed by atoms with van der Waals surface area (Å²) in [5.74, 6) is -0.129. The number of fused-ring (bicyclic) bond motifs is 1. The molecular weight excluding hydrogens is 290 g/mol. The van der Waals surface area contributed by atoms with Gasteiger partial charge in [-0.2, -0.15) is 0 Å². The highest BCUT2D eigenvalue weighted by Crippen LogP contribution is 2.33. The van der Waals surface area contributed by atoms with Crippen molar-refractivity contribution in [2.75, 3.05) is 7.11 Å². The number of nitrogens with one attached hydrogen (secondary N) is 1. The predicted octanol–water partition coefficient (Wildman–Crippen LogP) is 4.03. The minimum absolute atomic E-state index is 0.0297. The maximum Gasteiger partial charge on any atom is 0.307 e. The number of ether oxygens (including phenoxy) is 1. The Labute approximate surface area is 134 Å². The van der Waals surface area contributed by atoms with Crippen LogP contribution < -0.4 is 4.74 Å². The molecule has 3 rings (SSSR count). The second kappa shape index (κ2) is 6.16. The Kier molecular flexibility index (Phi) is 4.06. The molecule has 4 nitrogen and oxygen atoms in total. The molecule has 1 aromatic heterocycles. The number of aromatic amines is 1. The summed E-state index contributed by atoms with van der Waals surface area (Å²) in [6, 6.07) is 13.9. The Hall–Kier alpha value is -2.75. The molecule has 23 heavy (non-hydrogen) atoms. The highest BCUT2D eigenvalue weighted by Gasteiger charge is 2.16. The zero-order chi connectivity index (χ0) is 16.4. The quantitative estimate of drug-likeness (QED) is 0.748. The van der Waals surface area contributed by atoms with Gasteiger partial charge in [0.15, 0.2) is 0 Å². The first-order valence-corrected chi connectivity index (χ1v) is 7.62. The lowest BCUT2D eigenvalue weighted by molar-refractivity contribution is -0.136. The van der Waals surface area contributed by atoms with E-state index < -0.39 is 5.97 Å². The number of hydrogen-bond acceptors (Lipinski definition) is 2. The first-order valence-electron chi connectivity index (χ1n) is 7.62. The van der Waals surface area contributed by atoms with Crippen molar-refractivity contribution >= 4 is 16.9 Å². The highest BCUT2D eigenvalue weighted by molar-refractivity contribution is 5.94. The van der Waals surface area contributed by atoms with Crippen LogP contribution in [0.25, 0.3) is 22.2 Å². The molecule has 0 amide bonds. The summed E-state index contributed by atoms with van der Waals surface area (Å²) in [5, 5.41) is 10.2. The molecule has 0 aliphatic rings. The number of carboxylic acids is 1. The monoisotopic (exact) mass is 309 g/mol. The lowest BCUT2D eigenvalue weighted by Crippen LogP contribution is -2.01. The zero-order valence-electron chi connectivity index (χ0n) is 13.2. The fraction of sp³-hybridized carbons (Fsp3) is 0.211. The van der Waals surface area contributed by atoms with Crippen molar-refractivity contribution in [1.82, 2.24) is 4.98 Å². The topological polar surface area (TPSA) is 62.3 Å². The third-order valence-electron chi connectivity index (χ3n) is 4.09. The second-order valence-corrected chi connectivity index (χ2v) is 5.51. The average molecular weight is 309 g/mol. The van der Waals surface area contributed by atoms with E-state index in [0.717, 1.165) is 39.9 Å². The van der Waals surface area contributed by atoms with E-state index in [1.807, 2.05) is 30.3 Å². The number of hydrogen-bond donors (Lipinski definition) is 2. The molecule has 0 unspecified atom stereocenters. The van der Waals surface area contributed by atoms with Crippen LogP contribution in [0.2, 0.25) is 0 Å². The molecule has 0 aliphatic heterocycles. The predicted molar refractivity (Wildman–Crippen MR) is 91.0 cm³/mol. The van der Waals surface area contributed by atoms with Crippen molar-refractivity contribution in [2.24, 2.45) is 0 Å². The summed E-state index contributed by atoms with van der Waals surface area (Å²) in [6.45, 7) is 2.11. The summed E-state index contributed by atoms with van der Waals surface area (Å²) in [6.07, 6.45) is 0.949. The molecular formula is C19H19NO3. The maximum atomic E-state index is 11.3. The normalized spacial score (nSPS) is 10.9. The van der Waals surface area contributed by atoms with E-state index in [2.05, 4.69) is 24.0 Å². The SMILES string of the molecule is CCc1ccc(-c2[nH]c3ccc(OC)cc3c2CC(=O)O)cc1. The van der Waals surface area contributed by atoms with Crippen LogP contribution in [0.1, 0.15) is 18.1 Å². The molecule has 3 aromatic rings. The molecule has 0 saturated carbocycles. The van der Waals surface area contributed by atoms with Crippen LogP contribution in [0.5, 0.6) is 5.75 Å². The van der Waals surface area contributed by atoms with Crippen LogP contribution in [0, 0.1) is 0 Å². The van der Waals surface area contributed by atoms with Gasteiger partial charge in [0, 0.05) is 10.9 Å². The summed E-state index contributed by atoms with van der Waals surface area (Å²) in [7, 11) is 1.61.